The molecule has 0 saturated heterocycles. The monoisotopic (exact) mass is 469 g/mol. The number of ether oxygens (including phenoxy) is 1. The molecule has 1 atom stereocenters. The largest absolute Gasteiger partial charge is 0.496 e. The lowest BCUT2D eigenvalue weighted by molar-refractivity contribution is 0.0962. The first kappa shape index (κ1) is 23.6. The Labute approximate surface area is 204 Å². The predicted molar refractivity (Wildman–Crippen MR) is 136 cm³/mol. The Morgan fingerprint density at radius 2 is 1.83 bits per heavy atom. The lowest BCUT2D eigenvalue weighted by Gasteiger charge is -2.17. The molecule has 3 aromatic heterocycles. The third-order valence-corrected chi connectivity index (χ3v) is 5.52. The molecule has 35 heavy (non-hydrogen) atoms. The fourth-order valence-electron chi connectivity index (χ4n) is 3.59. The lowest BCUT2D eigenvalue weighted by atomic mass is 9.98. The van der Waals surface area contributed by atoms with E-state index in [-0.39, 0.29) is 11.8 Å². The Bertz CT molecular complexity index is 1280. The number of benzene rings is 1. The molecule has 0 aliphatic heterocycles. The maximum atomic E-state index is 11.9. The maximum Gasteiger partial charge on any atom is 0.251 e. The molecule has 4 aromatic rings. The van der Waals surface area contributed by atoms with E-state index in [1.165, 1.54) is 6.33 Å². The zero-order valence-electron chi connectivity index (χ0n) is 19.8. The van der Waals surface area contributed by atoms with Gasteiger partial charge in [-0.25, -0.2) is 15.0 Å². The summed E-state index contributed by atoms with van der Waals surface area (Å²) in [5, 5.41) is 9.24. The Morgan fingerprint density at radius 3 is 2.54 bits per heavy atom. The van der Waals surface area contributed by atoms with Crippen molar-refractivity contribution in [3.63, 3.8) is 0 Å². The summed E-state index contributed by atoms with van der Waals surface area (Å²) in [4.78, 5) is 29.2. The lowest BCUT2D eigenvalue weighted by Crippen LogP contribution is -2.18. The van der Waals surface area contributed by atoms with Gasteiger partial charge in [-0.3, -0.25) is 9.78 Å². The van der Waals surface area contributed by atoms with Gasteiger partial charge in [-0.05, 0) is 42.0 Å². The molecule has 0 aliphatic carbocycles. The van der Waals surface area contributed by atoms with Gasteiger partial charge in [-0.2, -0.15) is 0 Å². The summed E-state index contributed by atoms with van der Waals surface area (Å²) in [5.74, 6) is 2.08. The van der Waals surface area contributed by atoms with Crippen LogP contribution in [-0.2, 0) is 0 Å². The molecule has 178 valence electrons. The first-order chi connectivity index (χ1) is 17.1. The molecule has 0 saturated carbocycles. The molecule has 4 rings (SSSR count). The van der Waals surface area contributed by atoms with Gasteiger partial charge in [0.05, 0.1) is 12.8 Å². The van der Waals surface area contributed by atoms with Crippen LogP contribution in [0.25, 0.3) is 11.3 Å². The van der Waals surface area contributed by atoms with Crippen LogP contribution in [-0.4, -0.2) is 46.5 Å². The molecule has 3 N–H and O–H groups in total. The average Bonchev–Trinajstić information content (AvgIpc) is 2.92. The van der Waals surface area contributed by atoms with Crippen molar-refractivity contribution in [2.45, 2.75) is 12.8 Å². The summed E-state index contributed by atoms with van der Waals surface area (Å²) in [7, 11) is 3.21. The van der Waals surface area contributed by atoms with Gasteiger partial charge in [0, 0.05) is 61.0 Å². The standard InChI is InChI=1S/C26H27N7O2/c1-17(21-6-4-18(26(34)27-2)12-23(21)35-3)14-29-25-13-22(31-16-32-25)19-5-7-24(30-15-19)33-20-8-10-28-11-9-20/h4-13,15-17H,14H2,1-3H3,(H,27,34)(H,28,30,33)(H,29,31,32)/t17-/m1/s1. The fraction of sp³-hybridized carbons (Fsp3) is 0.192. The Morgan fingerprint density at radius 1 is 1.00 bits per heavy atom. The van der Waals surface area contributed by atoms with Crippen LogP contribution in [0.2, 0.25) is 0 Å². The van der Waals surface area contributed by atoms with Crippen LogP contribution in [0.5, 0.6) is 5.75 Å². The number of pyridine rings is 2. The molecule has 0 spiro atoms. The maximum absolute atomic E-state index is 11.9. The van der Waals surface area contributed by atoms with E-state index >= 15 is 0 Å². The molecule has 1 aromatic carbocycles. The van der Waals surface area contributed by atoms with E-state index in [0.29, 0.717) is 23.7 Å². The van der Waals surface area contributed by atoms with Crippen LogP contribution in [0, 0.1) is 0 Å². The molecular formula is C26H27N7O2. The van der Waals surface area contributed by atoms with Crippen molar-refractivity contribution < 1.29 is 9.53 Å². The van der Waals surface area contributed by atoms with E-state index in [1.807, 2.05) is 36.4 Å². The minimum absolute atomic E-state index is 0.113. The second-order valence-corrected chi connectivity index (χ2v) is 7.90. The van der Waals surface area contributed by atoms with Crippen LogP contribution >= 0.6 is 0 Å². The normalized spacial score (nSPS) is 11.4. The van der Waals surface area contributed by atoms with Crippen LogP contribution in [0.4, 0.5) is 17.3 Å². The minimum atomic E-state index is -0.148. The minimum Gasteiger partial charge on any atom is -0.496 e. The third-order valence-electron chi connectivity index (χ3n) is 5.52. The Kier molecular flexibility index (Phi) is 7.47. The number of amides is 1. The second-order valence-electron chi connectivity index (χ2n) is 7.90. The highest BCUT2D eigenvalue weighted by Crippen LogP contribution is 2.28. The number of carbonyl (C=O) groups excluding carboxylic acids is 1. The molecule has 9 heteroatoms. The number of hydrogen-bond donors (Lipinski definition) is 3. The number of carbonyl (C=O) groups is 1. The summed E-state index contributed by atoms with van der Waals surface area (Å²) < 4.78 is 5.53. The molecule has 0 bridgehead atoms. The predicted octanol–water partition coefficient (Wildman–Crippen LogP) is 4.26. The number of hydrogen-bond acceptors (Lipinski definition) is 8. The first-order valence-electron chi connectivity index (χ1n) is 11.2. The van der Waals surface area contributed by atoms with Crippen molar-refractivity contribution in [3.8, 4) is 17.0 Å². The number of aromatic nitrogens is 4. The van der Waals surface area contributed by atoms with Gasteiger partial charge in [-0.1, -0.05) is 13.0 Å². The Hall–Kier alpha value is -4.53. The summed E-state index contributed by atoms with van der Waals surface area (Å²) in [5.41, 5.74) is 4.14. The van der Waals surface area contributed by atoms with Crippen molar-refractivity contribution in [2.75, 3.05) is 31.3 Å². The SMILES string of the molecule is CNC(=O)c1ccc([C@H](C)CNc2cc(-c3ccc(Nc4ccncc4)nc3)ncn2)c(OC)c1. The Balaban J connectivity index is 1.42. The number of nitrogens with one attached hydrogen (secondary N) is 3. The summed E-state index contributed by atoms with van der Waals surface area (Å²) in [6.07, 6.45) is 6.76. The van der Waals surface area contributed by atoms with Crippen LogP contribution in [0.15, 0.2) is 73.4 Å². The van der Waals surface area contributed by atoms with Crippen LogP contribution < -0.4 is 20.7 Å². The van der Waals surface area contributed by atoms with Gasteiger partial charge >= 0.3 is 0 Å². The van der Waals surface area contributed by atoms with Crippen molar-refractivity contribution in [1.29, 1.82) is 0 Å². The van der Waals surface area contributed by atoms with Crippen molar-refractivity contribution in [3.05, 3.63) is 84.6 Å². The van der Waals surface area contributed by atoms with Gasteiger partial charge in [0.15, 0.2) is 0 Å². The van der Waals surface area contributed by atoms with Crippen molar-refractivity contribution in [2.24, 2.45) is 0 Å². The highest BCUT2D eigenvalue weighted by Gasteiger charge is 2.15. The summed E-state index contributed by atoms with van der Waals surface area (Å²) >= 11 is 0. The van der Waals surface area contributed by atoms with Gasteiger partial charge in [0.2, 0.25) is 0 Å². The van der Waals surface area contributed by atoms with Crippen LogP contribution in [0.3, 0.4) is 0 Å². The quantitative estimate of drug-likeness (QED) is 0.333. The smallest absolute Gasteiger partial charge is 0.251 e. The number of nitrogens with zero attached hydrogens (tertiary/aromatic N) is 4. The summed E-state index contributed by atoms with van der Waals surface area (Å²) in [6.45, 7) is 2.71. The molecule has 0 fully saturated rings. The van der Waals surface area contributed by atoms with Gasteiger partial charge in [-0.15, -0.1) is 0 Å². The third kappa shape index (κ3) is 5.89. The molecule has 0 radical (unpaired) electrons. The van der Waals surface area contributed by atoms with Gasteiger partial charge in [0.25, 0.3) is 5.91 Å². The first-order valence-corrected chi connectivity index (χ1v) is 11.2. The zero-order chi connectivity index (χ0) is 24.6. The number of methoxy groups -OCH3 is 1. The second kappa shape index (κ2) is 11.1. The van der Waals surface area contributed by atoms with Gasteiger partial charge < -0.3 is 20.7 Å². The van der Waals surface area contributed by atoms with E-state index in [9.17, 15) is 4.79 Å². The molecule has 1 amide bonds. The van der Waals surface area contributed by atoms with E-state index in [2.05, 4.69) is 42.8 Å². The molecule has 3 heterocycles. The molecule has 0 unspecified atom stereocenters. The fourth-order valence-corrected chi connectivity index (χ4v) is 3.59. The molecule has 0 aliphatic rings. The molecule has 9 nitrogen and oxygen atoms in total. The van der Waals surface area contributed by atoms with Crippen molar-refractivity contribution >= 4 is 23.2 Å². The van der Waals surface area contributed by atoms with Crippen molar-refractivity contribution in [1.82, 2.24) is 25.3 Å². The van der Waals surface area contributed by atoms with E-state index < -0.39 is 0 Å². The van der Waals surface area contributed by atoms with Gasteiger partial charge in [0.1, 0.15) is 23.7 Å². The van der Waals surface area contributed by atoms with E-state index in [0.717, 1.165) is 28.3 Å². The highest BCUT2D eigenvalue weighted by molar-refractivity contribution is 5.94. The highest BCUT2D eigenvalue weighted by atomic mass is 16.5. The topological polar surface area (TPSA) is 114 Å². The number of rotatable bonds is 9. The summed E-state index contributed by atoms with van der Waals surface area (Å²) in [6, 6.07) is 15.0. The molecular weight excluding hydrogens is 442 g/mol. The van der Waals surface area contributed by atoms with E-state index in [1.54, 1.807) is 44.9 Å². The number of anilines is 3. The zero-order valence-corrected chi connectivity index (χ0v) is 19.8. The van der Waals surface area contributed by atoms with E-state index in [4.69, 9.17) is 4.74 Å². The van der Waals surface area contributed by atoms with Crippen LogP contribution in [0.1, 0.15) is 28.8 Å². The average molecular weight is 470 g/mol.